The van der Waals surface area contributed by atoms with E-state index in [0.29, 0.717) is 6.54 Å². The Balaban J connectivity index is 3.26. The van der Waals surface area contributed by atoms with E-state index in [1.807, 2.05) is 21.2 Å². The number of hydrogen-bond donors (Lipinski definition) is 2. The van der Waals surface area contributed by atoms with Gasteiger partial charge in [-0.25, -0.2) is 0 Å². The lowest BCUT2D eigenvalue weighted by Gasteiger charge is -2.06. The number of rotatable bonds is 3. The van der Waals surface area contributed by atoms with Crippen LogP contribution in [0.15, 0.2) is 0 Å². The van der Waals surface area contributed by atoms with E-state index in [1.165, 1.54) is 0 Å². The third-order valence-electron chi connectivity index (χ3n) is 0.762. The molecule has 0 saturated heterocycles. The quantitative estimate of drug-likeness (QED) is 0.430. The second-order valence-electron chi connectivity index (χ2n) is 1.85. The molecule has 0 radical (unpaired) electrons. The highest BCUT2D eigenvalue weighted by Crippen LogP contribution is 2.10. The molecule has 0 aliphatic rings. The van der Waals surface area contributed by atoms with Gasteiger partial charge in [0.2, 0.25) is 0 Å². The zero-order valence-electron chi connectivity index (χ0n) is 4.93. The molecule has 0 bridgehead atoms. The minimum Gasteiger partial charge on any atom is -0.330 e. The van der Waals surface area contributed by atoms with Crippen LogP contribution in [0.25, 0.3) is 0 Å². The summed E-state index contributed by atoms with van der Waals surface area (Å²) in [5, 5.41) is 0. The molecule has 0 aromatic rings. The molecule has 0 amide bonds. The molecule has 0 heterocycles. The van der Waals surface area contributed by atoms with Crippen molar-refractivity contribution in [1.29, 1.82) is 0 Å². The molecule has 0 fully saturated rings. The van der Waals surface area contributed by atoms with Crippen LogP contribution in [0.2, 0.25) is 0 Å². The van der Waals surface area contributed by atoms with Gasteiger partial charge in [0.25, 0.3) is 0 Å². The molecule has 52 valence electrons. The van der Waals surface area contributed by atoms with Crippen LogP contribution in [-0.2, 0) is 7.10 Å². The normalized spacial score (nSPS) is 13.9. The van der Waals surface area contributed by atoms with Gasteiger partial charge in [0.1, 0.15) is 0 Å². The fourth-order valence-electron chi connectivity index (χ4n) is 0.374. The largest absolute Gasteiger partial charge is 0.330 e. The van der Waals surface area contributed by atoms with E-state index < -0.39 is 7.10 Å². The first-order chi connectivity index (χ1) is 3.56. The van der Waals surface area contributed by atoms with Gasteiger partial charge in [0, 0.05) is 27.0 Å². The van der Waals surface area contributed by atoms with Crippen LogP contribution in [-0.4, -0.2) is 22.8 Å². The summed E-state index contributed by atoms with van der Waals surface area (Å²) in [6.45, 7) is 0.654. The summed E-state index contributed by atoms with van der Waals surface area (Å²) in [7, 11) is -1.79. The van der Waals surface area contributed by atoms with Gasteiger partial charge in [-0.1, -0.05) is 7.10 Å². The highest BCUT2D eigenvalue weighted by atomic mass is 127. The van der Waals surface area contributed by atoms with E-state index in [-0.39, 0.29) is 0 Å². The van der Waals surface area contributed by atoms with E-state index in [2.05, 4.69) is 0 Å². The number of hydrogen-bond acceptors (Lipinski definition) is 2. The molecule has 4 heteroatoms. The summed E-state index contributed by atoms with van der Waals surface area (Å²) in [6, 6.07) is 0. The van der Waals surface area contributed by atoms with Gasteiger partial charge < -0.3 is 5.73 Å². The van der Waals surface area contributed by atoms with E-state index in [1.54, 1.807) is 6.26 Å². The Bertz CT molecular complexity index is 100. The van der Waals surface area contributed by atoms with Crippen LogP contribution >= 0.6 is 21.2 Å². The van der Waals surface area contributed by atoms with Gasteiger partial charge in [-0.3, -0.25) is 4.21 Å². The fourth-order valence-corrected chi connectivity index (χ4v) is 2.14. The maximum atomic E-state index is 10.9. The maximum Gasteiger partial charge on any atom is 0.0104 e. The second kappa shape index (κ2) is 3.79. The van der Waals surface area contributed by atoms with Crippen molar-refractivity contribution >= 4 is 28.3 Å². The molecule has 0 atom stereocenters. The lowest BCUT2D eigenvalue weighted by Crippen LogP contribution is -2.09. The predicted octanol–water partition coefficient (Wildman–Crippen LogP) is 0.332. The SMILES string of the molecule is C[SH](=O)(I)CCCN. The van der Waals surface area contributed by atoms with Gasteiger partial charge in [-0.15, -0.1) is 0 Å². The van der Waals surface area contributed by atoms with E-state index in [9.17, 15) is 4.21 Å². The average molecular weight is 249 g/mol. The lowest BCUT2D eigenvalue weighted by atomic mass is 10.5. The number of halogens is 1. The highest BCUT2D eigenvalue weighted by molar-refractivity contribution is 14.2. The second-order valence-corrected chi connectivity index (χ2v) is 10.4. The van der Waals surface area contributed by atoms with Crippen LogP contribution in [0.1, 0.15) is 6.42 Å². The van der Waals surface area contributed by atoms with Gasteiger partial charge in [-0.05, 0) is 19.2 Å². The Hall–Kier alpha value is 0.840. The van der Waals surface area contributed by atoms with Gasteiger partial charge in [0.05, 0.1) is 0 Å². The fraction of sp³-hybridized carbons (Fsp3) is 1.00. The third-order valence-corrected chi connectivity index (χ3v) is 3.32. The van der Waals surface area contributed by atoms with Crippen molar-refractivity contribution in [2.45, 2.75) is 6.42 Å². The topological polar surface area (TPSA) is 43.1 Å². The third kappa shape index (κ3) is 6.84. The first kappa shape index (κ1) is 8.84. The van der Waals surface area contributed by atoms with Crippen LogP contribution in [0.5, 0.6) is 0 Å². The Morgan fingerprint density at radius 2 is 2.25 bits per heavy atom. The zero-order valence-corrected chi connectivity index (χ0v) is 7.98. The minimum atomic E-state index is -1.79. The summed E-state index contributed by atoms with van der Waals surface area (Å²) in [5.74, 6) is 0.782. The highest BCUT2D eigenvalue weighted by Gasteiger charge is 1.98. The van der Waals surface area contributed by atoms with Crippen molar-refractivity contribution in [3.8, 4) is 0 Å². The maximum absolute atomic E-state index is 10.9. The van der Waals surface area contributed by atoms with E-state index in [4.69, 9.17) is 5.73 Å². The standard InChI is InChI=1S/C4H12INOS/c1-8(5,7)4-2-3-6/h8H,2-4,6H2,1H3. The molecule has 0 aromatic carbocycles. The Kier molecular flexibility index (Phi) is 4.19. The van der Waals surface area contributed by atoms with Crippen molar-refractivity contribution in [3.05, 3.63) is 0 Å². The van der Waals surface area contributed by atoms with Crippen molar-refractivity contribution in [1.82, 2.24) is 0 Å². The van der Waals surface area contributed by atoms with Crippen LogP contribution in [0.3, 0.4) is 0 Å². The summed E-state index contributed by atoms with van der Waals surface area (Å²) in [6.07, 6.45) is 2.67. The van der Waals surface area contributed by atoms with Crippen molar-refractivity contribution in [3.63, 3.8) is 0 Å². The van der Waals surface area contributed by atoms with E-state index >= 15 is 0 Å². The lowest BCUT2D eigenvalue weighted by molar-refractivity contribution is 0.683. The predicted molar refractivity (Wildman–Crippen MR) is 48.0 cm³/mol. The summed E-state index contributed by atoms with van der Waals surface area (Å²) < 4.78 is 10.9. The Morgan fingerprint density at radius 1 is 1.75 bits per heavy atom. The van der Waals surface area contributed by atoms with Gasteiger partial charge in [0.15, 0.2) is 0 Å². The van der Waals surface area contributed by atoms with Gasteiger partial charge in [-0.2, -0.15) is 0 Å². The molecule has 0 aliphatic carbocycles. The van der Waals surface area contributed by atoms with Crippen LogP contribution in [0, 0.1) is 0 Å². The zero-order chi connectivity index (χ0) is 6.62. The molecule has 2 N–H and O–H groups in total. The summed E-state index contributed by atoms with van der Waals surface area (Å²) in [4.78, 5) is 0. The molecule has 0 rings (SSSR count). The van der Waals surface area contributed by atoms with Crippen molar-refractivity contribution < 1.29 is 4.21 Å². The Morgan fingerprint density at radius 3 is 2.38 bits per heavy atom. The molecular weight excluding hydrogens is 237 g/mol. The molecule has 0 spiro atoms. The van der Waals surface area contributed by atoms with Crippen molar-refractivity contribution in [2.75, 3.05) is 18.6 Å². The molecule has 2 nitrogen and oxygen atoms in total. The van der Waals surface area contributed by atoms with E-state index in [0.717, 1.165) is 12.2 Å². The van der Waals surface area contributed by atoms with Crippen LogP contribution < -0.4 is 5.73 Å². The number of nitrogens with two attached hydrogens (primary N) is 1. The van der Waals surface area contributed by atoms with Gasteiger partial charge >= 0.3 is 0 Å². The molecule has 8 heavy (non-hydrogen) atoms. The van der Waals surface area contributed by atoms with Crippen LogP contribution in [0.4, 0.5) is 0 Å². The Labute approximate surface area is 63.2 Å². The molecule has 0 unspecified atom stereocenters. The van der Waals surface area contributed by atoms with Crippen molar-refractivity contribution in [2.24, 2.45) is 5.73 Å². The minimum absolute atomic E-state index is 0.654. The monoisotopic (exact) mass is 249 g/mol. The average Bonchev–Trinajstić information content (AvgIpc) is 1.59. The summed E-state index contributed by atoms with van der Waals surface area (Å²) in [5.41, 5.74) is 5.21. The first-order valence-electron chi connectivity index (χ1n) is 2.52. The molecule has 0 aliphatic heterocycles. The first-order valence-corrected chi connectivity index (χ1v) is 7.65. The summed E-state index contributed by atoms with van der Waals surface area (Å²) >= 11 is 2.00. The molecular formula is C4H12INOS. The smallest absolute Gasteiger partial charge is 0.0104 e. The molecule has 0 saturated carbocycles. The number of thiol groups is 1. The molecule has 0 aromatic heterocycles.